The molecule has 0 spiro atoms. The standard InChI is InChI=1S/C17H18N2O/c1-13-7-8-14(2)17(11-13)20-10-9-19-12-18-15-5-3-4-6-16(15)19/h3-8,11-12H,9-10H2,1-2H3. The van der Waals surface area contributed by atoms with Crippen molar-refractivity contribution in [2.24, 2.45) is 0 Å². The Kier molecular flexibility index (Phi) is 3.42. The molecule has 102 valence electrons. The van der Waals surface area contributed by atoms with E-state index >= 15 is 0 Å². The summed E-state index contributed by atoms with van der Waals surface area (Å²) < 4.78 is 8.02. The average molecular weight is 266 g/mol. The van der Waals surface area contributed by atoms with Gasteiger partial charge in [0.05, 0.1) is 23.9 Å². The molecule has 0 N–H and O–H groups in total. The molecule has 0 aliphatic carbocycles. The Hall–Kier alpha value is -2.29. The quantitative estimate of drug-likeness (QED) is 0.719. The molecule has 3 nitrogen and oxygen atoms in total. The molecule has 0 aliphatic rings. The number of fused-ring (bicyclic) bond motifs is 1. The molecule has 2 aromatic carbocycles. The van der Waals surface area contributed by atoms with E-state index in [1.54, 1.807) is 0 Å². The van der Waals surface area contributed by atoms with E-state index in [1.807, 2.05) is 24.5 Å². The van der Waals surface area contributed by atoms with Gasteiger partial charge in [-0.25, -0.2) is 4.98 Å². The van der Waals surface area contributed by atoms with Crippen molar-refractivity contribution >= 4 is 11.0 Å². The summed E-state index contributed by atoms with van der Waals surface area (Å²) in [7, 11) is 0. The highest BCUT2D eigenvalue weighted by molar-refractivity contribution is 5.74. The molecule has 0 unspecified atom stereocenters. The third kappa shape index (κ3) is 2.52. The fourth-order valence-corrected chi connectivity index (χ4v) is 2.31. The molecule has 0 bridgehead atoms. The van der Waals surface area contributed by atoms with Gasteiger partial charge in [0.15, 0.2) is 0 Å². The summed E-state index contributed by atoms with van der Waals surface area (Å²) in [6, 6.07) is 14.4. The van der Waals surface area contributed by atoms with E-state index in [2.05, 4.69) is 47.7 Å². The summed E-state index contributed by atoms with van der Waals surface area (Å²) in [6.07, 6.45) is 1.87. The van der Waals surface area contributed by atoms with E-state index in [9.17, 15) is 0 Å². The minimum Gasteiger partial charge on any atom is -0.491 e. The van der Waals surface area contributed by atoms with Crippen LogP contribution in [0.2, 0.25) is 0 Å². The lowest BCUT2D eigenvalue weighted by Crippen LogP contribution is -2.08. The van der Waals surface area contributed by atoms with Gasteiger partial charge < -0.3 is 9.30 Å². The first-order valence-corrected chi connectivity index (χ1v) is 6.84. The zero-order valence-electron chi connectivity index (χ0n) is 11.8. The lowest BCUT2D eigenvalue weighted by molar-refractivity contribution is 0.298. The summed E-state index contributed by atoms with van der Waals surface area (Å²) in [4.78, 5) is 4.38. The maximum absolute atomic E-state index is 5.89. The largest absolute Gasteiger partial charge is 0.491 e. The molecular formula is C17H18N2O. The third-order valence-electron chi connectivity index (χ3n) is 3.46. The molecule has 0 amide bonds. The first kappa shape index (κ1) is 12.7. The van der Waals surface area contributed by atoms with E-state index in [4.69, 9.17) is 4.74 Å². The normalized spacial score (nSPS) is 10.9. The zero-order valence-corrected chi connectivity index (χ0v) is 11.8. The van der Waals surface area contributed by atoms with Crippen LogP contribution in [-0.4, -0.2) is 16.2 Å². The highest BCUT2D eigenvalue weighted by Gasteiger charge is 2.03. The van der Waals surface area contributed by atoms with Crippen LogP contribution >= 0.6 is 0 Å². The highest BCUT2D eigenvalue weighted by Crippen LogP contribution is 2.19. The maximum atomic E-state index is 5.89. The van der Waals surface area contributed by atoms with E-state index in [0.717, 1.165) is 23.3 Å². The van der Waals surface area contributed by atoms with Crippen LogP contribution in [0.3, 0.4) is 0 Å². The minimum atomic E-state index is 0.643. The van der Waals surface area contributed by atoms with Gasteiger partial charge in [-0.3, -0.25) is 0 Å². The van der Waals surface area contributed by atoms with E-state index in [1.165, 1.54) is 11.1 Å². The number of aryl methyl sites for hydroxylation is 2. The van der Waals surface area contributed by atoms with Gasteiger partial charge >= 0.3 is 0 Å². The summed E-state index contributed by atoms with van der Waals surface area (Å²) in [5.74, 6) is 0.967. The Morgan fingerprint density at radius 1 is 1.10 bits per heavy atom. The van der Waals surface area contributed by atoms with Gasteiger partial charge in [0, 0.05) is 0 Å². The van der Waals surface area contributed by atoms with E-state index in [-0.39, 0.29) is 0 Å². The van der Waals surface area contributed by atoms with Gasteiger partial charge in [-0.1, -0.05) is 24.3 Å². The van der Waals surface area contributed by atoms with Crippen LogP contribution in [-0.2, 0) is 6.54 Å². The second kappa shape index (κ2) is 5.37. The van der Waals surface area contributed by atoms with Crippen molar-refractivity contribution in [3.05, 3.63) is 59.9 Å². The smallest absolute Gasteiger partial charge is 0.122 e. The third-order valence-corrected chi connectivity index (χ3v) is 3.46. The minimum absolute atomic E-state index is 0.643. The summed E-state index contributed by atoms with van der Waals surface area (Å²) in [5, 5.41) is 0. The van der Waals surface area contributed by atoms with Gasteiger partial charge in [-0.15, -0.1) is 0 Å². The number of ether oxygens (including phenoxy) is 1. The molecule has 3 rings (SSSR count). The van der Waals surface area contributed by atoms with Crippen LogP contribution in [0.5, 0.6) is 5.75 Å². The Morgan fingerprint density at radius 3 is 2.85 bits per heavy atom. The van der Waals surface area contributed by atoms with Gasteiger partial charge in [-0.2, -0.15) is 0 Å². The summed E-state index contributed by atoms with van der Waals surface area (Å²) in [5.41, 5.74) is 4.57. The molecule has 20 heavy (non-hydrogen) atoms. The Labute approximate surface area is 118 Å². The van der Waals surface area contributed by atoms with Crippen molar-refractivity contribution < 1.29 is 4.74 Å². The predicted molar refractivity (Wildman–Crippen MR) is 81.1 cm³/mol. The Morgan fingerprint density at radius 2 is 1.95 bits per heavy atom. The Bertz CT molecular complexity index is 731. The number of imidazole rings is 1. The van der Waals surface area contributed by atoms with Gasteiger partial charge in [0.1, 0.15) is 12.4 Å². The van der Waals surface area contributed by atoms with Crippen molar-refractivity contribution in [1.82, 2.24) is 9.55 Å². The Balaban J connectivity index is 1.69. The molecule has 0 saturated heterocycles. The number of para-hydroxylation sites is 2. The van der Waals surface area contributed by atoms with Crippen LogP contribution in [0, 0.1) is 13.8 Å². The van der Waals surface area contributed by atoms with E-state index in [0.29, 0.717) is 6.61 Å². The molecule has 1 heterocycles. The SMILES string of the molecule is Cc1ccc(C)c(OCCn2cnc3ccccc32)c1. The van der Waals surface area contributed by atoms with E-state index < -0.39 is 0 Å². The number of hydrogen-bond donors (Lipinski definition) is 0. The lowest BCUT2D eigenvalue weighted by Gasteiger charge is -2.10. The highest BCUT2D eigenvalue weighted by atomic mass is 16.5. The first-order chi connectivity index (χ1) is 9.74. The molecular weight excluding hydrogens is 248 g/mol. The predicted octanol–water partition coefficient (Wildman–Crippen LogP) is 3.73. The summed E-state index contributed by atoms with van der Waals surface area (Å²) >= 11 is 0. The first-order valence-electron chi connectivity index (χ1n) is 6.84. The van der Waals surface area contributed by atoms with Crippen LogP contribution < -0.4 is 4.74 Å². The van der Waals surface area contributed by atoms with Gasteiger partial charge in [-0.05, 0) is 43.2 Å². The van der Waals surface area contributed by atoms with Crippen LogP contribution in [0.15, 0.2) is 48.8 Å². The van der Waals surface area contributed by atoms with Crippen LogP contribution in [0.1, 0.15) is 11.1 Å². The number of rotatable bonds is 4. The van der Waals surface area contributed by atoms with Crippen molar-refractivity contribution in [3.8, 4) is 5.75 Å². The average Bonchev–Trinajstić information content (AvgIpc) is 2.86. The molecule has 0 saturated carbocycles. The molecule has 3 heteroatoms. The molecule has 3 aromatic rings. The number of hydrogen-bond acceptors (Lipinski definition) is 2. The number of aromatic nitrogens is 2. The fraction of sp³-hybridized carbons (Fsp3) is 0.235. The van der Waals surface area contributed by atoms with Gasteiger partial charge in [0.2, 0.25) is 0 Å². The molecule has 0 fully saturated rings. The van der Waals surface area contributed by atoms with Gasteiger partial charge in [0.25, 0.3) is 0 Å². The lowest BCUT2D eigenvalue weighted by atomic mass is 10.1. The van der Waals surface area contributed by atoms with Crippen molar-refractivity contribution in [1.29, 1.82) is 0 Å². The van der Waals surface area contributed by atoms with Crippen molar-refractivity contribution in [2.45, 2.75) is 20.4 Å². The number of benzene rings is 2. The zero-order chi connectivity index (χ0) is 13.9. The van der Waals surface area contributed by atoms with Crippen LogP contribution in [0.4, 0.5) is 0 Å². The van der Waals surface area contributed by atoms with Crippen molar-refractivity contribution in [3.63, 3.8) is 0 Å². The number of nitrogens with zero attached hydrogens (tertiary/aromatic N) is 2. The monoisotopic (exact) mass is 266 g/mol. The fourth-order valence-electron chi connectivity index (χ4n) is 2.31. The second-order valence-electron chi connectivity index (χ2n) is 5.04. The molecule has 1 aromatic heterocycles. The van der Waals surface area contributed by atoms with Crippen molar-refractivity contribution in [2.75, 3.05) is 6.61 Å². The summed E-state index contributed by atoms with van der Waals surface area (Å²) in [6.45, 7) is 5.59. The maximum Gasteiger partial charge on any atom is 0.122 e. The molecule has 0 aliphatic heterocycles. The van der Waals surface area contributed by atoms with Crippen LogP contribution in [0.25, 0.3) is 11.0 Å². The molecule has 0 radical (unpaired) electrons. The second-order valence-corrected chi connectivity index (χ2v) is 5.04. The topological polar surface area (TPSA) is 27.1 Å². The molecule has 0 atom stereocenters.